The predicted molar refractivity (Wildman–Crippen MR) is 65.3 cm³/mol. The average Bonchev–Trinajstić information content (AvgIpc) is 2.85. The quantitative estimate of drug-likeness (QED) is 0.855. The third-order valence-corrected chi connectivity index (χ3v) is 3.32. The molecule has 3 heterocycles. The zero-order chi connectivity index (χ0) is 13.5. The molecule has 2 aromatic heterocycles. The van der Waals surface area contributed by atoms with Gasteiger partial charge in [-0.05, 0) is 6.07 Å². The van der Waals surface area contributed by atoms with E-state index in [1.54, 1.807) is 23.4 Å². The number of pyridine rings is 1. The van der Waals surface area contributed by atoms with E-state index in [1.165, 1.54) is 0 Å². The molecule has 0 radical (unpaired) electrons. The van der Waals surface area contributed by atoms with Crippen LogP contribution in [0.4, 0.5) is 18.9 Å². The molecule has 1 fully saturated rings. The smallest absolute Gasteiger partial charge is 0.368 e. The van der Waals surface area contributed by atoms with Crippen LogP contribution >= 0.6 is 0 Å². The van der Waals surface area contributed by atoms with Gasteiger partial charge in [0.15, 0.2) is 0 Å². The number of hydrogen-bond donors (Lipinski definition) is 1. The van der Waals surface area contributed by atoms with Crippen molar-refractivity contribution in [1.82, 2.24) is 14.7 Å². The van der Waals surface area contributed by atoms with Crippen LogP contribution in [0.1, 0.15) is 0 Å². The Morgan fingerprint density at radius 3 is 2.95 bits per heavy atom. The number of nitrogens with one attached hydrogen (secondary N) is 1. The van der Waals surface area contributed by atoms with Crippen LogP contribution < -0.4 is 10.2 Å². The molecule has 1 atom stereocenters. The second-order valence-corrected chi connectivity index (χ2v) is 4.57. The largest absolute Gasteiger partial charge is 0.405 e. The molecule has 0 spiro atoms. The molecule has 1 aliphatic rings. The molecule has 102 valence electrons. The summed E-state index contributed by atoms with van der Waals surface area (Å²) in [7, 11) is 0. The van der Waals surface area contributed by atoms with Crippen molar-refractivity contribution in [2.75, 3.05) is 24.5 Å². The zero-order valence-corrected chi connectivity index (χ0v) is 10.1. The number of fused-ring (bicyclic) bond motifs is 1. The Kier molecular flexibility index (Phi) is 2.85. The number of rotatable bonds is 1. The van der Waals surface area contributed by atoms with Gasteiger partial charge in [0.2, 0.25) is 0 Å². The summed E-state index contributed by atoms with van der Waals surface area (Å²) in [5, 5.41) is 2.50. The highest BCUT2D eigenvalue weighted by molar-refractivity contribution is 5.56. The molecule has 0 aliphatic carbocycles. The van der Waals surface area contributed by atoms with Gasteiger partial charge < -0.3 is 14.6 Å². The Balaban J connectivity index is 1.84. The van der Waals surface area contributed by atoms with Crippen LogP contribution in [-0.4, -0.2) is 41.2 Å². The molecular weight excluding hydrogens is 257 g/mol. The minimum Gasteiger partial charge on any atom is -0.368 e. The molecule has 0 saturated carbocycles. The minimum absolute atomic E-state index is 0.0691. The van der Waals surface area contributed by atoms with Gasteiger partial charge in [0.1, 0.15) is 11.7 Å². The number of piperazine rings is 1. The number of halogens is 3. The third-order valence-electron chi connectivity index (χ3n) is 3.32. The van der Waals surface area contributed by atoms with E-state index in [2.05, 4.69) is 10.3 Å². The Morgan fingerprint density at radius 2 is 2.16 bits per heavy atom. The molecular formula is C12H13F3N4. The fraction of sp³-hybridized carbons (Fsp3) is 0.417. The average molecular weight is 270 g/mol. The van der Waals surface area contributed by atoms with Gasteiger partial charge in [-0.15, -0.1) is 0 Å². The van der Waals surface area contributed by atoms with Crippen molar-refractivity contribution in [1.29, 1.82) is 0 Å². The van der Waals surface area contributed by atoms with Crippen molar-refractivity contribution >= 4 is 11.3 Å². The van der Waals surface area contributed by atoms with Crippen LogP contribution in [0.15, 0.2) is 30.7 Å². The van der Waals surface area contributed by atoms with Crippen molar-refractivity contribution in [3.63, 3.8) is 0 Å². The van der Waals surface area contributed by atoms with Gasteiger partial charge in [-0.25, -0.2) is 4.98 Å². The van der Waals surface area contributed by atoms with E-state index in [4.69, 9.17) is 0 Å². The number of aromatic nitrogens is 2. The topological polar surface area (TPSA) is 32.6 Å². The molecule has 1 saturated heterocycles. The van der Waals surface area contributed by atoms with E-state index in [1.807, 2.05) is 16.7 Å². The molecule has 0 bridgehead atoms. The molecule has 2 aromatic rings. The molecule has 1 unspecified atom stereocenters. The van der Waals surface area contributed by atoms with Crippen LogP contribution in [0.3, 0.4) is 0 Å². The van der Waals surface area contributed by atoms with Gasteiger partial charge in [0.25, 0.3) is 0 Å². The van der Waals surface area contributed by atoms with Gasteiger partial charge in [0.05, 0.1) is 0 Å². The lowest BCUT2D eigenvalue weighted by atomic mass is 10.2. The van der Waals surface area contributed by atoms with E-state index < -0.39 is 12.2 Å². The molecule has 7 heteroatoms. The lowest BCUT2D eigenvalue weighted by Crippen LogP contribution is -2.57. The van der Waals surface area contributed by atoms with Crippen molar-refractivity contribution in [2.45, 2.75) is 12.2 Å². The Hall–Kier alpha value is -1.76. The highest BCUT2D eigenvalue weighted by Crippen LogP contribution is 2.25. The van der Waals surface area contributed by atoms with Crippen molar-refractivity contribution < 1.29 is 13.2 Å². The second-order valence-electron chi connectivity index (χ2n) is 4.57. The Morgan fingerprint density at radius 1 is 1.32 bits per heavy atom. The molecule has 0 aromatic carbocycles. The Labute approximate surface area is 107 Å². The van der Waals surface area contributed by atoms with Crippen molar-refractivity contribution in [3.8, 4) is 0 Å². The lowest BCUT2D eigenvalue weighted by molar-refractivity contribution is -0.155. The first-order chi connectivity index (χ1) is 9.04. The van der Waals surface area contributed by atoms with Crippen LogP contribution in [-0.2, 0) is 0 Å². The monoisotopic (exact) mass is 270 g/mol. The maximum absolute atomic E-state index is 12.7. The van der Waals surface area contributed by atoms with Gasteiger partial charge in [0, 0.05) is 50.0 Å². The molecule has 0 amide bonds. The lowest BCUT2D eigenvalue weighted by Gasteiger charge is -2.36. The zero-order valence-electron chi connectivity index (χ0n) is 10.1. The number of anilines is 1. The fourth-order valence-electron chi connectivity index (χ4n) is 2.30. The molecule has 4 nitrogen and oxygen atoms in total. The minimum atomic E-state index is -4.21. The van der Waals surface area contributed by atoms with Crippen molar-refractivity contribution in [3.05, 3.63) is 30.7 Å². The maximum Gasteiger partial charge on any atom is 0.405 e. The summed E-state index contributed by atoms with van der Waals surface area (Å²) in [5.74, 6) is 0. The molecule has 3 rings (SSSR count). The van der Waals surface area contributed by atoms with Crippen molar-refractivity contribution in [2.24, 2.45) is 0 Å². The molecule has 19 heavy (non-hydrogen) atoms. The van der Waals surface area contributed by atoms with E-state index >= 15 is 0 Å². The summed E-state index contributed by atoms with van der Waals surface area (Å²) in [6.45, 7) is 0.813. The number of imidazole rings is 1. The third kappa shape index (κ3) is 2.37. The summed E-state index contributed by atoms with van der Waals surface area (Å²) in [6.07, 6.45) is 1.06. The highest BCUT2D eigenvalue weighted by atomic mass is 19.4. The van der Waals surface area contributed by atoms with Gasteiger partial charge >= 0.3 is 6.18 Å². The molecule has 1 N–H and O–H groups in total. The first kappa shape index (κ1) is 12.3. The fourth-order valence-corrected chi connectivity index (χ4v) is 2.30. The van der Waals surface area contributed by atoms with Crippen LogP contribution in [0.25, 0.3) is 5.65 Å². The summed E-state index contributed by atoms with van der Waals surface area (Å²) >= 11 is 0. The van der Waals surface area contributed by atoms with E-state index in [9.17, 15) is 13.2 Å². The van der Waals surface area contributed by atoms with Gasteiger partial charge in [-0.2, -0.15) is 13.2 Å². The Bertz CT molecular complexity index is 578. The second kappa shape index (κ2) is 4.41. The predicted octanol–water partition coefficient (Wildman–Crippen LogP) is 1.67. The van der Waals surface area contributed by atoms with E-state index in [0.29, 0.717) is 13.1 Å². The van der Waals surface area contributed by atoms with Gasteiger partial charge in [-0.3, -0.25) is 0 Å². The summed E-state index contributed by atoms with van der Waals surface area (Å²) < 4.78 is 40.0. The summed E-state index contributed by atoms with van der Waals surface area (Å²) in [5.41, 5.74) is 1.51. The van der Waals surface area contributed by atoms with Gasteiger partial charge in [-0.1, -0.05) is 0 Å². The SMILES string of the molecule is FC(F)(F)C1CN(c2ccn3ccnc3c2)CCN1. The first-order valence-electron chi connectivity index (χ1n) is 6.02. The number of hydrogen-bond acceptors (Lipinski definition) is 3. The summed E-state index contributed by atoms with van der Waals surface area (Å²) in [4.78, 5) is 5.88. The van der Waals surface area contributed by atoms with Crippen LogP contribution in [0.2, 0.25) is 0 Å². The first-order valence-corrected chi connectivity index (χ1v) is 6.02. The normalized spacial score (nSPS) is 21.0. The standard InChI is InChI=1S/C12H13F3N4/c13-12(14,15)10-8-19(6-2-16-10)9-1-4-18-5-3-17-11(18)7-9/h1,3-5,7,10,16H,2,6,8H2. The molecule has 1 aliphatic heterocycles. The highest BCUT2D eigenvalue weighted by Gasteiger charge is 2.41. The number of alkyl halides is 3. The van der Waals surface area contributed by atoms with E-state index in [-0.39, 0.29) is 6.54 Å². The van der Waals surface area contributed by atoms with Crippen LogP contribution in [0, 0.1) is 0 Å². The summed E-state index contributed by atoms with van der Waals surface area (Å²) in [6, 6.07) is 2.14. The van der Waals surface area contributed by atoms with E-state index in [0.717, 1.165) is 11.3 Å². The number of nitrogens with zero attached hydrogens (tertiary/aromatic N) is 3. The van der Waals surface area contributed by atoms with Crippen LogP contribution in [0.5, 0.6) is 0 Å². The maximum atomic E-state index is 12.7.